The van der Waals surface area contributed by atoms with Gasteiger partial charge in [0.15, 0.2) is 0 Å². The van der Waals surface area contributed by atoms with E-state index in [0.717, 1.165) is 37.9 Å². The normalized spacial score (nSPS) is 17.3. The predicted octanol–water partition coefficient (Wildman–Crippen LogP) is 2.15. The van der Waals surface area contributed by atoms with Crippen LogP contribution in [0.25, 0.3) is 0 Å². The third-order valence-electron chi connectivity index (χ3n) is 4.62. The predicted molar refractivity (Wildman–Crippen MR) is 87.4 cm³/mol. The van der Waals surface area contributed by atoms with Crippen molar-refractivity contribution in [3.63, 3.8) is 0 Å². The monoisotopic (exact) mass is 289 g/mol. The molecule has 1 aliphatic rings. The molecule has 1 fully saturated rings. The molecular weight excluding hydrogens is 262 g/mol. The Kier molecular flexibility index (Phi) is 5.23. The number of hydrogen-bond donors (Lipinski definition) is 2. The first-order valence-corrected chi connectivity index (χ1v) is 7.83. The first-order chi connectivity index (χ1) is 10.1. The van der Waals surface area contributed by atoms with E-state index in [-0.39, 0.29) is 11.3 Å². The Morgan fingerprint density at radius 3 is 2.38 bits per heavy atom. The summed E-state index contributed by atoms with van der Waals surface area (Å²) in [7, 11) is 4.05. The molecule has 1 aromatic carbocycles. The molecular formula is C17H27N3O. The minimum Gasteiger partial charge on any atom is -0.378 e. The highest BCUT2D eigenvalue weighted by molar-refractivity contribution is 5.82. The summed E-state index contributed by atoms with van der Waals surface area (Å²) in [4.78, 5) is 14.6. The van der Waals surface area contributed by atoms with Crippen molar-refractivity contribution in [2.45, 2.75) is 32.7 Å². The van der Waals surface area contributed by atoms with Crippen LogP contribution in [0, 0.1) is 5.41 Å². The van der Waals surface area contributed by atoms with Gasteiger partial charge in [-0.1, -0.05) is 19.1 Å². The van der Waals surface area contributed by atoms with Crippen molar-refractivity contribution in [1.82, 2.24) is 10.6 Å². The maximum Gasteiger partial charge on any atom is 0.226 e. The minimum absolute atomic E-state index is 0.172. The summed E-state index contributed by atoms with van der Waals surface area (Å²) in [6, 6.07) is 8.33. The summed E-state index contributed by atoms with van der Waals surface area (Å²) >= 11 is 0. The molecule has 2 rings (SSSR count). The SMILES string of the molecule is CCC1(C(=O)NCc2ccc(N(C)C)cc2)CCNCC1. The fraction of sp³-hybridized carbons (Fsp3) is 0.588. The third kappa shape index (κ3) is 3.76. The van der Waals surface area contributed by atoms with Gasteiger partial charge in [0.2, 0.25) is 5.91 Å². The van der Waals surface area contributed by atoms with Crippen LogP contribution >= 0.6 is 0 Å². The van der Waals surface area contributed by atoms with Gasteiger partial charge in [0.05, 0.1) is 5.41 Å². The molecule has 0 saturated carbocycles. The topological polar surface area (TPSA) is 44.4 Å². The highest BCUT2D eigenvalue weighted by Gasteiger charge is 2.37. The number of hydrogen-bond acceptors (Lipinski definition) is 3. The number of carbonyl (C=O) groups is 1. The van der Waals surface area contributed by atoms with Crippen LogP contribution in [0.2, 0.25) is 0 Å². The van der Waals surface area contributed by atoms with Gasteiger partial charge in [-0.2, -0.15) is 0 Å². The zero-order valence-electron chi connectivity index (χ0n) is 13.4. The number of piperidine rings is 1. The Labute approximate surface area is 127 Å². The molecule has 0 aromatic heterocycles. The van der Waals surface area contributed by atoms with E-state index in [1.165, 1.54) is 5.69 Å². The second-order valence-corrected chi connectivity index (χ2v) is 6.13. The molecule has 1 saturated heterocycles. The molecule has 0 bridgehead atoms. The van der Waals surface area contributed by atoms with Gasteiger partial charge in [-0.25, -0.2) is 0 Å². The third-order valence-corrected chi connectivity index (χ3v) is 4.62. The lowest BCUT2D eigenvalue weighted by Gasteiger charge is -2.35. The van der Waals surface area contributed by atoms with Gasteiger partial charge < -0.3 is 15.5 Å². The van der Waals surface area contributed by atoms with E-state index in [2.05, 4.69) is 46.7 Å². The lowest BCUT2D eigenvalue weighted by molar-refractivity contribution is -0.133. The molecule has 21 heavy (non-hydrogen) atoms. The number of nitrogens with zero attached hydrogens (tertiary/aromatic N) is 1. The standard InChI is InChI=1S/C17H27N3O/c1-4-17(9-11-18-12-10-17)16(21)19-13-14-5-7-15(8-6-14)20(2)3/h5-8,18H,4,9-13H2,1-3H3,(H,19,21). The molecule has 1 aromatic rings. The smallest absolute Gasteiger partial charge is 0.226 e. The van der Waals surface area contributed by atoms with E-state index in [1.807, 2.05) is 14.1 Å². The first-order valence-electron chi connectivity index (χ1n) is 7.83. The maximum atomic E-state index is 12.6. The van der Waals surface area contributed by atoms with Gasteiger partial charge >= 0.3 is 0 Å². The molecule has 0 aliphatic carbocycles. The van der Waals surface area contributed by atoms with Crippen molar-refractivity contribution in [2.75, 3.05) is 32.1 Å². The molecule has 2 N–H and O–H groups in total. The van der Waals surface area contributed by atoms with Crippen molar-refractivity contribution in [3.8, 4) is 0 Å². The van der Waals surface area contributed by atoms with Crippen LogP contribution in [-0.2, 0) is 11.3 Å². The summed E-state index contributed by atoms with van der Waals surface area (Å²) in [5.74, 6) is 0.211. The number of amides is 1. The van der Waals surface area contributed by atoms with E-state index < -0.39 is 0 Å². The Morgan fingerprint density at radius 1 is 1.24 bits per heavy atom. The van der Waals surface area contributed by atoms with Crippen LogP contribution in [-0.4, -0.2) is 33.1 Å². The Hall–Kier alpha value is -1.55. The number of carbonyl (C=O) groups excluding carboxylic acids is 1. The summed E-state index contributed by atoms with van der Waals surface area (Å²) in [6.45, 7) is 4.62. The fourth-order valence-electron chi connectivity index (χ4n) is 2.93. The van der Waals surface area contributed by atoms with Crippen molar-refractivity contribution < 1.29 is 4.79 Å². The van der Waals surface area contributed by atoms with Gasteiger partial charge in [-0.05, 0) is 50.0 Å². The molecule has 0 unspecified atom stereocenters. The number of anilines is 1. The molecule has 116 valence electrons. The van der Waals surface area contributed by atoms with Gasteiger partial charge in [0.1, 0.15) is 0 Å². The lowest BCUT2D eigenvalue weighted by Crippen LogP contribution is -2.47. The fourth-order valence-corrected chi connectivity index (χ4v) is 2.93. The number of benzene rings is 1. The maximum absolute atomic E-state index is 12.6. The largest absolute Gasteiger partial charge is 0.378 e. The Balaban J connectivity index is 1.93. The first kappa shape index (κ1) is 15.8. The summed E-state index contributed by atoms with van der Waals surface area (Å²) in [6.07, 6.45) is 2.80. The van der Waals surface area contributed by atoms with E-state index in [1.54, 1.807) is 0 Å². The molecule has 0 spiro atoms. The zero-order chi connectivity index (χ0) is 15.3. The van der Waals surface area contributed by atoms with Crippen molar-refractivity contribution >= 4 is 11.6 Å². The van der Waals surface area contributed by atoms with Crippen molar-refractivity contribution in [2.24, 2.45) is 5.41 Å². The van der Waals surface area contributed by atoms with Crippen molar-refractivity contribution in [3.05, 3.63) is 29.8 Å². The van der Waals surface area contributed by atoms with Crippen LogP contribution in [0.3, 0.4) is 0 Å². The van der Waals surface area contributed by atoms with E-state index in [0.29, 0.717) is 6.54 Å². The quantitative estimate of drug-likeness (QED) is 0.873. The second kappa shape index (κ2) is 6.94. The lowest BCUT2D eigenvalue weighted by atomic mass is 9.76. The van der Waals surface area contributed by atoms with Crippen molar-refractivity contribution in [1.29, 1.82) is 0 Å². The Morgan fingerprint density at radius 2 is 1.86 bits per heavy atom. The molecule has 1 aliphatic heterocycles. The van der Waals surface area contributed by atoms with Crippen LogP contribution in [0.1, 0.15) is 31.7 Å². The average Bonchev–Trinajstić information content (AvgIpc) is 2.53. The Bertz CT molecular complexity index is 461. The molecule has 4 nitrogen and oxygen atoms in total. The summed E-state index contributed by atoms with van der Waals surface area (Å²) in [5, 5.41) is 6.46. The second-order valence-electron chi connectivity index (χ2n) is 6.13. The van der Waals surface area contributed by atoms with Gasteiger partial charge in [-0.15, -0.1) is 0 Å². The van der Waals surface area contributed by atoms with E-state index in [9.17, 15) is 4.79 Å². The molecule has 0 radical (unpaired) electrons. The summed E-state index contributed by atoms with van der Waals surface area (Å²) < 4.78 is 0. The van der Waals surface area contributed by atoms with Crippen LogP contribution < -0.4 is 15.5 Å². The zero-order valence-corrected chi connectivity index (χ0v) is 13.4. The molecule has 4 heteroatoms. The van der Waals surface area contributed by atoms with Crippen LogP contribution in [0.4, 0.5) is 5.69 Å². The molecule has 0 atom stereocenters. The molecule has 1 heterocycles. The number of rotatable bonds is 5. The highest BCUT2D eigenvalue weighted by Crippen LogP contribution is 2.32. The van der Waals surface area contributed by atoms with Gasteiger partial charge in [-0.3, -0.25) is 4.79 Å². The molecule has 1 amide bonds. The van der Waals surface area contributed by atoms with Gasteiger partial charge in [0, 0.05) is 26.3 Å². The highest BCUT2D eigenvalue weighted by atomic mass is 16.2. The van der Waals surface area contributed by atoms with E-state index >= 15 is 0 Å². The number of nitrogens with one attached hydrogen (secondary N) is 2. The average molecular weight is 289 g/mol. The van der Waals surface area contributed by atoms with Crippen LogP contribution in [0.5, 0.6) is 0 Å². The minimum atomic E-state index is -0.172. The van der Waals surface area contributed by atoms with E-state index in [4.69, 9.17) is 0 Å². The van der Waals surface area contributed by atoms with Crippen LogP contribution in [0.15, 0.2) is 24.3 Å². The van der Waals surface area contributed by atoms with Gasteiger partial charge in [0.25, 0.3) is 0 Å². The summed E-state index contributed by atoms with van der Waals surface area (Å²) in [5.41, 5.74) is 2.15.